The molecule has 1 aliphatic rings. The van der Waals surface area contributed by atoms with Crippen molar-refractivity contribution in [3.8, 4) is 0 Å². The summed E-state index contributed by atoms with van der Waals surface area (Å²) < 4.78 is 12.6. The summed E-state index contributed by atoms with van der Waals surface area (Å²) in [5.74, 6) is -0.219. The van der Waals surface area contributed by atoms with Crippen LogP contribution in [0.5, 0.6) is 0 Å². The molecular weight excluding hydrogens is 169 g/mol. The fourth-order valence-electron chi connectivity index (χ4n) is 1.63. The Kier molecular flexibility index (Phi) is 2.19. The van der Waals surface area contributed by atoms with Gasteiger partial charge in [0, 0.05) is 18.8 Å². The number of aliphatic hydroxyl groups is 1. The van der Waals surface area contributed by atoms with Crippen molar-refractivity contribution >= 4 is 5.69 Å². The zero-order valence-corrected chi connectivity index (χ0v) is 7.28. The van der Waals surface area contributed by atoms with Crippen molar-refractivity contribution in [3.05, 3.63) is 30.1 Å². The molecule has 1 aliphatic heterocycles. The lowest BCUT2D eigenvalue weighted by Gasteiger charge is -2.17. The Bertz CT molecular complexity index is 285. The van der Waals surface area contributed by atoms with Crippen LogP contribution in [-0.4, -0.2) is 24.3 Å². The van der Waals surface area contributed by atoms with E-state index in [2.05, 4.69) is 4.90 Å². The zero-order valence-electron chi connectivity index (χ0n) is 7.28. The molecule has 0 aromatic heterocycles. The van der Waals surface area contributed by atoms with Gasteiger partial charge in [0.2, 0.25) is 0 Å². The van der Waals surface area contributed by atoms with E-state index in [0.717, 1.165) is 18.7 Å². The monoisotopic (exact) mass is 181 g/mol. The Morgan fingerprint density at radius 1 is 1.31 bits per heavy atom. The van der Waals surface area contributed by atoms with Crippen LogP contribution in [-0.2, 0) is 0 Å². The SMILES string of the molecule is O[C@H]1CCN(c2ccc(F)cc2)C1. The van der Waals surface area contributed by atoms with E-state index in [4.69, 9.17) is 0 Å². The number of rotatable bonds is 1. The van der Waals surface area contributed by atoms with Crippen LogP contribution in [0.1, 0.15) is 6.42 Å². The summed E-state index contributed by atoms with van der Waals surface area (Å²) >= 11 is 0. The molecule has 0 radical (unpaired) electrons. The second-order valence-electron chi connectivity index (χ2n) is 3.36. The van der Waals surface area contributed by atoms with Gasteiger partial charge < -0.3 is 10.0 Å². The molecule has 1 saturated heterocycles. The fraction of sp³-hybridized carbons (Fsp3) is 0.400. The van der Waals surface area contributed by atoms with Crippen LogP contribution in [0, 0.1) is 5.82 Å². The van der Waals surface area contributed by atoms with Gasteiger partial charge in [0.15, 0.2) is 0 Å². The molecule has 0 saturated carbocycles. The molecular formula is C10H12FNO. The minimum atomic E-state index is -0.231. The second kappa shape index (κ2) is 3.34. The first-order valence-corrected chi connectivity index (χ1v) is 4.44. The van der Waals surface area contributed by atoms with Crippen molar-refractivity contribution in [2.45, 2.75) is 12.5 Å². The van der Waals surface area contributed by atoms with E-state index in [9.17, 15) is 9.50 Å². The van der Waals surface area contributed by atoms with Crippen molar-refractivity contribution < 1.29 is 9.50 Å². The normalized spacial score (nSPS) is 22.3. The van der Waals surface area contributed by atoms with E-state index in [1.807, 2.05) is 0 Å². The summed E-state index contributed by atoms with van der Waals surface area (Å²) in [6, 6.07) is 6.38. The van der Waals surface area contributed by atoms with E-state index < -0.39 is 0 Å². The maximum atomic E-state index is 12.6. The summed E-state index contributed by atoms with van der Waals surface area (Å²) in [4.78, 5) is 2.06. The molecule has 1 heterocycles. The number of aliphatic hydroxyl groups excluding tert-OH is 1. The number of benzene rings is 1. The van der Waals surface area contributed by atoms with E-state index >= 15 is 0 Å². The first-order chi connectivity index (χ1) is 6.25. The molecule has 1 aromatic carbocycles. The molecule has 3 heteroatoms. The van der Waals surface area contributed by atoms with Crippen LogP contribution in [0.3, 0.4) is 0 Å². The van der Waals surface area contributed by atoms with Gasteiger partial charge in [-0.05, 0) is 30.7 Å². The predicted octanol–water partition coefficient (Wildman–Crippen LogP) is 1.40. The third-order valence-corrected chi connectivity index (χ3v) is 2.36. The lowest BCUT2D eigenvalue weighted by Crippen LogP contribution is -2.20. The number of β-amino-alcohol motifs (C(OH)–C–C–N with tert-alkyl or cyclic N) is 1. The average Bonchev–Trinajstić information content (AvgIpc) is 2.53. The summed E-state index contributed by atoms with van der Waals surface area (Å²) in [5.41, 5.74) is 0.984. The number of nitrogens with zero attached hydrogens (tertiary/aromatic N) is 1. The zero-order chi connectivity index (χ0) is 9.26. The van der Waals surface area contributed by atoms with E-state index in [1.165, 1.54) is 12.1 Å². The molecule has 0 spiro atoms. The molecule has 1 fully saturated rings. The van der Waals surface area contributed by atoms with Gasteiger partial charge in [0.05, 0.1) is 6.10 Å². The van der Waals surface area contributed by atoms with Gasteiger partial charge in [0.1, 0.15) is 5.82 Å². The molecule has 1 N–H and O–H groups in total. The van der Waals surface area contributed by atoms with Gasteiger partial charge in [-0.1, -0.05) is 0 Å². The summed E-state index contributed by atoms with van der Waals surface area (Å²) in [5, 5.41) is 9.30. The van der Waals surface area contributed by atoms with Gasteiger partial charge in [-0.2, -0.15) is 0 Å². The van der Waals surface area contributed by atoms with E-state index in [-0.39, 0.29) is 11.9 Å². The first kappa shape index (κ1) is 8.51. The maximum Gasteiger partial charge on any atom is 0.123 e. The topological polar surface area (TPSA) is 23.5 Å². The first-order valence-electron chi connectivity index (χ1n) is 4.44. The molecule has 13 heavy (non-hydrogen) atoms. The van der Waals surface area contributed by atoms with Gasteiger partial charge >= 0.3 is 0 Å². The highest BCUT2D eigenvalue weighted by atomic mass is 19.1. The van der Waals surface area contributed by atoms with Crippen LogP contribution in [0.15, 0.2) is 24.3 Å². The Morgan fingerprint density at radius 2 is 2.00 bits per heavy atom. The van der Waals surface area contributed by atoms with Crippen LogP contribution in [0.2, 0.25) is 0 Å². The van der Waals surface area contributed by atoms with Gasteiger partial charge in [-0.25, -0.2) is 4.39 Å². The van der Waals surface area contributed by atoms with Crippen LogP contribution in [0.4, 0.5) is 10.1 Å². The Labute approximate surface area is 76.6 Å². The van der Waals surface area contributed by atoms with Gasteiger partial charge in [0.25, 0.3) is 0 Å². The lowest BCUT2D eigenvalue weighted by atomic mass is 10.3. The van der Waals surface area contributed by atoms with E-state index in [1.54, 1.807) is 12.1 Å². The molecule has 0 unspecified atom stereocenters. The standard InChI is InChI=1S/C10H12FNO/c11-8-1-3-9(4-2-8)12-6-5-10(13)7-12/h1-4,10,13H,5-7H2/t10-/m0/s1. The minimum Gasteiger partial charge on any atom is -0.391 e. The molecule has 1 atom stereocenters. The van der Waals surface area contributed by atoms with Crippen molar-refractivity contribution in [2.75, 3.05) is 18.0 Å². The average molecular weight is 181 g/mol. The number of hydrogen-bond donors (Lipinski definition) is 1. The van der Waals surface area contributed by atoms with Crippen LogP contribution in [0.25, 0.3) is 0 Å². The third kappa shape index (κ3) is 1.80. The third-order valence-electron chi connectivity index (χ3n) is 2.36. The number of hydrogen-bond acceptors (Lipinski definition) is 2. The summed E-state index contributed by atoms with van der Waals surface area (Å²) in [6.07, 6.45) is 0.572. The summed E-state index contributed by atoms with van der Waals surface area (Å²) in [6.45, 7) is 1.51. The Balaban J connectivity index is 2.13. The molecule has 2 nitrogen and oxygen atoms in total. The lowest BCUT2D eigenvalue weighted by molar-refractivity contribution is 0.198. The second-order valence-corrected chi connectivity index (χ2v) is 3.36. The van der Waals surface area contributed by atoms with Gasteiger partial charge in [-0.15, -0.1) is 0 Å². The predicted molar refractivity (Wildman–Crippen MR) is 49.2 cm³/mol. The Hall–Kier alpha value is -1.09. The molecule has 2 rings (SSSR count). The van der Waals surface area contributed by atoms with Crippen molar-refractivity contribution in [3.63, 3.8) is 0 Å². The maximum absolute atomic E-state index is 12.6. The van der Waals surface area contributed by atoms with Crippen molar-refractivity contribution in [1.29, 1.82) is 0 Å². The van der Waals surface area contributed by atoms with Crippen LogP contribution < -0.4 is 4.90 Å². The highest BCUT2D eigenvalue weighted by molar-refractivity contribution is 5.47. The molecule has 70 valence electrons. The largest absolute Gasteiger partial charge is 0.391 e. The summed E-state index contributed by atoms with van der Waals surface area (Å²) in [7, 11) is 0. The van der Waals surface area contributed by atoms with Gasteiger partial charge in [-0.3, -0.25) is 0 Å². The van der Waals surface area contributed by atoms with Crippen LogP contribution >= 0.6 is 0 Å². The Morgan fingerprint density at radius 3 is 2.54 bits per heavy atom. The number of halogens is 1. The van der Waals surface area contributed by atoms with E-state index in [0.29, 0.717) is 6.54 Å². The van der Waals surface area contributed by atoms with Crippen molar-refractivity contribution in [2.24, 2.45) is 0 Å². The molecule has 0 aliphatic carbocycles. The fourth-order valence-corrected chi connectivity index (χ4v) is 1.63. The highest BCUT2D eigenvalue weighted by Gasteiger charge is 2.19. The molecule has 1 aromatic rings. The highest BCUT2D eigenvalue weighted by Crippen LogP contribution is 2.20. The molecule has 0 bridgehead atoms. The smallest absolute Gasteiger partial charge is 0.123 e. The number of anilines is 1. The van der Waals surface area contributed by atoms with Crippen molar-refractivity contribution in [1.82, 2.24) is 0 Å². The quantitative estimate of drug-likeness (QED) is 0.707. The molecule has 0 amide bonds. The minimum absolute atomic E-state index is 0.219.